The molecule has 0 unspecified atom stereocenters. The van der Waals surface area contributed by atoms with Crippen LogP contribution in [0.25, 0.3) is 10.8 Å². The van der Waals surface area contributed by atoms with Gasteiger partial charge in [0, 0.05) is 12.1 Å². The summed E-state index contributed by atoms with van der Waals surface area (Å²) in [7, 11) is 0. The summed E-state index contributed by atoms with van der Waals surface area (Å²) in [6, 6.07) is 18.3. The summed E-state index contributed by atoms with van der Waals surface area (Å²) >= 11 is 0. The number of alkyl halides is 3. The number of carbonyl (C=O) groups is 1. The Labute approximate surface area is 143 Å². The lowest BCUT2D eigenvalue weighted by Gasteiger charge is -2.09. The van der Waals surface area contributed by atoms with Gasteiger partial charge in [-0.05, 0) is 47.0 Å². The van der Waals surface area contributed by atoms with Crippen molar-refractivity contribution in [3.05, 3.63) is 77.9 Å². The molecule has 2 nitrogen and oxygen atoms in total. The lowest BCUT2D eigenvalue weighted by molar-refractivity contribution is -0.137. The largest absolute Gasteiger partial charge is 0.416 e. The Morgan fingerprint density at radius 2 is 1.56 bits per heavy atom. The van der Waals surface area contributed by atoms with E-state index in [1.165, 1.54) is 12.1 Å². The Morgan fingerprint density at radius 3 is 2.28 bits per heavy atom. The Kier molecular flexibility index (Phi) is 4.74. The maximum absolute atomic E-state index is 12.5. The second kappa shape index (κ2) is 6.97. The van der Waals surface area contributed by atoms with Crippen molar-refractivity contribution < 1.29 is 18.0 Å². The number of hydrogen-bond donors (Lipinski definition) is 1. The van der Waals surface area contributed by atoms with Crippen molar-refractivity contribution in [1.29, 1.82) is 0 Å². The molecule has 0 saturated carbocycles. The van der Waals surface area contributed by atoms with Crippen LogP contribution in [0.3, 0.4) is 0 Å². The van der Waals surface area contributed by atoms with Crippen LogP contribution in [-0.2, 0) is 17.4 Å². The number of carbonyl (C=O) groups excluding carboxylic acids is 1. The predicted molar refractivity (Wildman–Crippen MR) is 92.3 cm³/mol. The zero-order valence-corrected chi connectivity index (χ0v) is 13.3. The van der Waals surface area contributed by atoms with Crippen molar-refractivity contribution in [2.24, 2.45) is 0 Å². The minimum atomic E-state index is -4.38. The predicted octanol–water partition coefficient (Wildman–Crippen LogP) is 5.43. The number of halogens is 3. The second-order valence-corrected chi connectivity index (χ2v) is 5.76. The first-order valence-corrected chi connectivity index (χ1v) is 7.87. The van der Waals surface area contributed by atoms with Crippen LogP contribution >= 0.6 is 0 Å². The van der Waals surface area contributed by atoms with Gasteiger partial charge in [-0.1, -0.05) is 42.5 Å². The second-order valence-electron chi connectivity index (χ2n) is 5.76. The number of nitrogens with one attached hydrogen (secondary N) is 1. The molecule has 25 heavy (non-hydrogen) atoms. The first-order valence-electron chi connectivity index (χ1n) is 7.87. The van der Waals surface area contributed by atoms with E-state index in [4.69, 9.17) is 0 Å². The molecule has 0 aliphatic carbocycles. The molecule has 0 aliphatic rings. The van der Waals surface area contributed by atoms with Gasteiger partial charge < -0.3 is 5.32 Å². The highest BCUT2D eigenvalue weighted by atomic mass is 19.4. The zero-order valence-electron chi connectivity index (χ0n) is 13.3. The molecule has 0 fully saturated rings. The van der Waals surface area contributed by atoms with Crippen LogP contribution in [-0.4, -0.2) is 5.91 Å². The van der Waals surface area contributed by atoms with Crippen LogP contribution in [0.15, 0.2) is 66.7 Å². The van der Waals surface area contributed by atoms with Crippen molar-refractivity contribution in [2.75, 3.05) is 5.32 Å². The molecular weight excluding hydrogens is 327 g/mol. The van der Waals surface area contributed by atoms with Crippen LogP contribution in [0, 0.1) is 0 Å². The Bertz CT molecular complexity index is 880. The molecule has 0 atom stereocenters. The summed E-state index contributed by atoms with van der Waals surface area (Å²) in [5.41, 5.74) is 0.692. The average molecular weight is 343 g/mol. The van der Waals surface area contributed by atoms with E-state index in [9.17, 15) is 18.0 Å². The van der Waals surface area contributed by atoms with Crippen molar-refractivity contribution >= 4 is 22.4 Å². The van der Waals surface area contributed by atoms with Crippen molar-refractivity contribution in [3.8, 4) is 0 Å². The molecule has 0 heterocycles. The summed E-state index contributed by atoms with van der Waals surface area (Å²) in [5, 5.41) is 4.85. The fourth-order valence-corrected chi connectivity index (χ4v) is 2.72. The van der Waals surface area contributed by atoms with Crippen molar-refractivity contribution in [1.82, 2.24) is 0 Å². The molecule has 0 bridgehead atoms. The highest BCUT2D eigenvalue weighted by molar-refractivity contribution is 5.91. The van der Waals surface area contributed by atoms with E-state index in [0.717, 1.165) is 28.5 Å². The van der Waals surface area contributed by atoms with Gasteiger partial charge in [0.1, 0.15) is 0 Å². The Balaban J connectivity index is 1.63. The lowest BCUT2D eigenvalue weighted by Crippen LogP contribution is -2.13. The first kappa shape index (κ1) is 17.0. The summed E-state index contributed by atoms with van der Waals surface area (Å²) < 4.78 is 37.6. The SMILES string of the molecule is O=C(CCc1cccc2ccccc12)Nc1ccc(C(F)(F)F)cc1. The van der Waals surface area contributed by atoms with Gasteiger partial charge in [0.05, 0.1) is 5.56 Å². The van der Waals surface area contributed by atoms with Crippen molar-refractivity contribution in [2.45, 2.75) is 19.0 Å². The van der Waals surface area contributed by atoms with Gasteiger partial charge in [-0.2, -0.15) is 13.2 Å². The maximum atomic E-state index is 12.5. The van der Waals surface area contributed by atoms with Gasteiger partial charge in [-0.25, -0.2) is 0 Å². The number of benzene rings is 3. The third-order valence-corrected chi connectivity index (χ3v) is 4.00. The third-order valence-electron chi connectivity index (χ3n) is 4.00. The summed E-state index contributed by atoms with van der Waals surface area (Å²) in [5.74, 6) is -0.229. The van der Waals surface area contributed by atoms with E-state index in [1.807, 2.05) is 42.5 Å². The van der Waals surface area contributed by atoms with Crippen LogP contribution in [0.1, 0.15) is 17.5 Å². The van der Waals surface area contributed by atoms with Gasteiger partial charge in [0.15, 0.2) is 0 Å². The Morgan fingerprint density at radius 1 is 0.880 bits per heavy atom. The normalized spacial score (nSPS) is 11.5. The number of anilines is 1. The number of aryl methyl sites for hydroxylation is 1. The molecule has 0 saturated heterocycles. The quantitative estimate of drug-likeness (QED) is 0.672. The third kappa shape index (κ3) is 4.18. The maximum Gasteiger partial charge on any atom is 0.416 e. The van der Waals surface area contributed by atoms with E-state index >= 15 is 0 Å². The zero-order chi connectivity index (χ0) is 17.9. The summed E-state index contributed by atoms with van der Waals surface area (Å²) in [4.78, 5) is 12.1. The monoisotopic (exact) mass is 343 g/mol. The fraction of sp³-hybridized carbons (Fsp3) is 0.150. The molecule has 3 aromatic rings. The molecule has 3 aromatic carbocycles. The van der Waals surface area contributed by atoms with Crippen molar-refractivity contribution in [3.63, 3.8) is 0 Å². The minimum absolute atomic E-state index is 0.229. The topological polar surface area (TPSA) is 29.1 Å². The van der Waals surface area contributed by atoms with Crippen LogP contribution in [0.5, 0.6) is 0 Å². The number of amides is 1. The summed E-state index contributed by atoms with van der Waals surface area (Å²) in [6.45, 7) is 0. The lowest BCUT2D eigenvalue weighted by atomic mass is 10.0. The molecular formula is C20H16F3NO. The van der Waals surface area contributed by atoms with Crippen LogP contribution in [0.4, 0.5) is 18.9 Å². The Hall–Kier alpha value is -2.82. The molecule has 1 N–H and O–H groups in total. The molecule has 0 aliphatic heterocycles. The number of hydrogen-bond acceptors (Lipinski definition) is 1. The van der Waals surface area contributed by atoms with E-state index in [0.29, 0.717) is 12.1 Å². The van der Waals surface area contributed by atoms with Crippen LogP contribution in [0.2, 0.25) is 0 Å². The number of rotatable bonds is 4. The van der Waals surface area contributed by atoms with E-state index in [-0.39, 0.29) is 12.3 Å². The highest BCUT2D eigenvalue weighted by Gasteiger charge is 2.29. The standard InChI is InChI=1S/C20H16F3NO/c21-20(22,23)16-9-11-17(12-10-16)24-19(25)13-8-15-6-3-5-14-4-1-2-7-18(14)15/h1-7,9-12H,8,13H2,(H,24,25). The highest BCUT2D eigenvalue weighted by Crippen LogP contribution is 2.29. The van der Waals surface area contributed by atoms with Gasteiger partial charge >= 0.3 is 6.18 Å². The molecule has 0 aromatic heterocycles. The van der Waals surface area contributed by atoms with Gasteiger partial charge in [0.2, 0.25) is 5.91 Å². The first-order chi connectivity index (χ1) is 11.9. The number of fused-ring (bicyclic) bond motifs is 1. The average Bonchev–Trinajstić information content (AvgIpc) is 2.59. The molecule has 0 radical (unpaired) electrons. The van der Waals surface area contributed by atoms with Gasteiger partial charge in [-0.15, -0.1) is 0 Å². The van der Waals surface area contributed by atoms with E-state index < -0.39 is 11.7 Å². The van der Waals surface area contributed by atoms with E-state index in [1.54, 1.807) is 0 Å². The molecule has 128 valence electrons. The molecule has 0 spiro atoms. The van der Waals surface area contributed by atoms with Gasteiger partial charge in [0.25, 0.3) is 0 Å². The van der Waals surface area contributed by atoms with E-state index in [2.05, 4.69) is 5.32 Å². The smallest absolute Gasteiger partial charge is 0.326 e. The fourth-order valence-electron chi connectivity index (χ4n) is 2.72. The summed E-state index contributed by atoms with van der Waals surface area (Å²) in [6.07, 6.45) is -3.56. The van der Waals surface area contributed by atoms with Gasteiger partial charge in [-0.3, -0.25) is 4.79 Å². The molecule has 5 heteroatoms. The molecule has 3 rings (SSSR count). The molecule has 1 amide bonds. The minimum Gasteiger partial charge on any atom is -0.326 e. The van der Waals surface area contributed by atoms with Crippen LogP contribution < -0.4 is 5.32 Å².